The number of aromatic amines is 1. The van der Waals surface area contributed by atoms with Crippen LogP contribution < -0.4 is 20.9 Å². The summed E-state index contributed by atoms with van der Waals surface area (Å²) in [6.45, 7) is 0.628. The van der Waals surface area contributed by atoms with Gasteiger partial charge in [0.2, 0.25) is 11.8 Å². The summed E-state index contributed by atoms with van der Waals surface area (Å²) >= 11 is 7.16. The predicted octanol–water partition coefficient (Wildman–Crippen LogP) is 2.70. The molecular formula is C23H23ClN4O4S. The lowest BCUT2D eigenvalue weighted by Gasteiger charge is -2.08. The minimum absolute atomic E-state index is 0.0544. The van der Waals surface area contributed by atoms with Crippen LogP contribution in [0.5, 0.6) is 5.75 Å². The van der Waals surface area contributed by atoms with Gasteiger partial charge in [0.1, 0.15) is 5.75 Å². The Kier molecular flexibility index (Phi) is 8.91. The Labute approximate surface area is 200 Å². The Bertz CT molecular complexity index is 1180. The van der Waals surface area contributed by atoms with Gasteiger partial charge in [-0.05, 0) is 29.3 Å². The fourth-order valence-electron chi connectivity index (χ4n) is 2.87. The molecule has 0 fully saturated rings. The summed E-state index contributed by atoms with van der Waals surface area (Å²) in [7, 11) is 1.58. The number of amides is 2. The second-order valence-corrected chi connectivity index (χ2v) is 8.37. The first-order chi connectivity index (χ1) is 15.9. The molecule has 3 aromatic rings. The van der Waals surface area contributed by atoms with Crippen molar-refractivity contribution in [2.24, 2.45) is 0 Å². The van der Waals surface area contributed by atoms with Gasteiger partial charge in [-0.3, -0.25) is 14.4 Å². The average molecular weight is 487 g/mol. The van der Waals surface area contributed by atoms with Gasteiger partial charge in [-0.1, -0.05) is 53.7 Å². The van der Waals surface area contributed by atoms with Crippen molar-refractivity contribution in [3.05, 3.63) is 86.8 Å². The van der Waals surface area contributed by atoms with E-state index < -0.39 is 0 Å². The third-order valence-corrected chi connectivity index (χ3v) is 5.75. The number of carbonyl (C=O) groups is 2. The van der Waals surface area contributed by atoms with Gasteiger partial charge in [0.05, 0.1) is 25.0 Å². The van der Waals surface area contributed by atoms with Crippen molar-refractivity contribution < 1.29 is 14.3 Å². The highest BCUT2D eigenvalue weighted by Gasteiger charge is 2.10. The lowest BCUT2D eigenvalue weighted by molar-refractivity contribution is -0.121. The monoisotopic (exact) mass is 486 g/mol. The van der Waals surface area contributed by atoms with E-state index in [0.717, 1.165) is 22.9 Å². The summed E-state index contributed by atoms with van der Waals surface area (Å²) in [6.07, 6.45) is -0.0554. The van der Waals surface area contributed by atoms with Crippen LogP contribution in [0.2, 0.25) is 5.02 Å². The minimum Gasteiger partial charge on any atom is -0.497 e. The van der Waals surface area contributed by atoms with Crippen LogP contribution in [0, 0.1) is 0 Å². The molecule has 172 valence electrons. The van der Waals surface area contributed by atoms with Crippen molar-refractivity contribution in [3.8, 4) is 5.75 Å². The average Bonchev–Trinajstić information content (AvgIpc) is 2.80. The molecule has 2 aromatic carbocycles. The third-order valence-electron chi connectivity index (χ3n) is 4.51. The Morgan fingerprint density at radius 1 is 1.06 bits per heavy atom. The van der Waals surface area contributed by atoms with Crippen LogP contribution in [-0.4, -0.2) is 34.6 Å². The number of benzene rings is 2. The van der Waals surface area contributed by atoms with Gasteiger partial charge in [-0.15, -0.1) is 0 Å². The summed E-state index contributed by atoms with van der Waals surface area (Å²) in [5.74, 6) is 0.253. The van der Waals surface area contributed by atoms with Gasteiger partial charge >= 0.3 is 0 Å². The minimum atomic E-state index is -0.389. The Morgan fingerprint density at radius 3 is 2.64 bits per heavy atom. The lowest BCUT2D eigenvalue weighted by atomic mass is 10.2. The quantitative estimate of drug-likeness (QED) is 0.300. The van der Waals surface area contributed by atoms with Gasteiger partial charge in [0.25, 0.3) is 5.56 Å². The summed E-state index contributed by atoms with van der Waals surface area (Å²) in [6, 6.07) is 15.9. The van der Waals surface area contributed by atoms with Crippen LogP contribution >= 0.6 is 23.4 Å². The molecule has 1 heterocycles. The second kappa shape index (κ2) is 12.1. The number of ether oxygens (including phenoxy) is 1. The molecule has 3 N–H and O–H groups in total. The fraction of sp³-hybridized carbons (Fsp3) is 0.217. The summed E-state index contributed by atoms with van der Waals surface area (Å²) in [4.78, 5) is 43.3. The molecule has 0 aliphatic heterocycles. The number of H-pyrrole nitrogens is 1. The molecule has 0 spiro atoms. The zero-order valence-corrected chi connectivity index (χ0v) is 19.5. The molecule has 0 atom stereocenters. The van der Waals surface area contributed by atoms with Crippen LogP contribution in [0.3, 0.4) is 0 Å². The molecule has 0 bridgehead atoms. The van der Waals surface area contributed by atoms with Crippen molar-refractivity contribution >= 4 is 35.2 Å². The number of nitrogens with zero attached hydrogens (tertiary/aromatic N) is 1. The number of hydrogen-bond acceptors (Lipinski definition) is 6. The fourth-order valence-corrected chi connectivity index (χ4v) is 3.80. The molecule has 0 aliphatic rings. The predicted molar refractivity (Wildman–Crippen MR) is 127 cm³/mol. The van der Waals surface area contributed by atoms with Crippen LogP contribution in [0.15, 0.2) is 64.5 Å². The second-order valence-electron chi connectivity index (χ2n) is 7.00. The molecule has 0 radical (unpaired) electrons. The summed E-state index contributed by atoms with van der Waals surface area (Å²) in [5, 5.41) is 6.42. The highest BCUT2D eigenvalue weighted by molar-refractivity contribution is 7.99. The van der Waals surface area contributed by atoms with E-state index in [9.17, 15) is 14.4 Å². The highest BCUT2D eigenvalue weighted by Crippen LogP contribution is 2.15. The number of carbonyl (C=O) groups excluding carboxylic acids is 2. The van der Waals surface area contributed by atoms with Crippen molar-refractivity contribution in [2.45, 2.75) is 24.7 Å². The molecule has 0 unspecified atom stereocenters. The molecule has 1 aromatic heterocycles. The molecule has 33 heavy (non-hydrogen) atoms. The van der Waals surface area contributed by atoms with Crippen molar-refractivity contribution in [2.75, 3.05) is 12.9 Å². The SMILES string of the molecule is COc1cccc(CNC(=O)Cc2cc(=O)[nH]c(SCC(=O)NCc3ccccc3Cl)n2)c1. The van der Waals surface area contributed by atoms with Gasteiger partial charge in [-0.25, -0.2) is 4.98 Å². The van der Waals surface area contributed by atoms with Crippen LogP contribution in [-0.2, 0) is 29.1 Å². The Balaban J connectivity index is 1.50. The third kappa shape index (κ3) is 7.96. The van der Waals surface area contributed by atoms with Gasteiger partial charge in [0.15, 0.2) is 5.16 Å². The molecular weight excluding hydrogens is 464 g/mol. The maximum absolute atomic E-state index is 12.3. The van der Waals surface area contributed by atoms with E-state index in [0.29, 0.717) is 29.6 Å². The first-order valence-corrected chi connectivity index (χ1v) is 11.4. The number of thioether (sulfide) groups is 1. The molecule has 8 nitrogen and oxygen atoms in total. The topological polar surface area (TPSA) is 113 Å². The number of hydrogen-bond donors (Lipinski definition) is 3. The lowest BCUT2D eigenvalue weighted by Crippen LogP contribution is -2.26. The largest absolute Gasteiger partial charge is 0.497 e. The Hall–Kier alpha value is -3.30. The maximum atomic E-state index is 12.3. The van der Waals surface area contributed by atoms with Gasteiger partial charge < -0.3 is 20.4 Å². The number of nitrogens with one attached hydrogen (secondary N) is 3. The number of aromatic nitrogens is 2. The van der Waals surface area contributed by atoms with Crippen LogP contribution in [0.1, 0.15) is 16.8 Å². The van der Waals surface area contributed by atoms with E-state index >= 15 is 0 Å². The molecule has 10 heteroatoms. The Morgan fingerprint density at radius 2 is 1.85 bits per heavy atom. The van der Waals surface area contributed by atoms with Crippen LogP contribution in [0.25, 0.3) is 0 Å². The molecule has 2 amide bonds. The van der Waals surface area contributed by atoms with E-state index in [-0.39, 0.29) is 34.7 Å². The molecule has 0 saturated heterocycles. The van der Waals surface area contributed by atoms with E-state index in [2.05, 4.69) is 20.6 Å². The summed E-state index contributed by atoms with van der Waals surface area (Å²) < 4.78 is 5.17. The van der Waals surface area contributed by atoms with Crippen molar-refractivity contribution in [3.63, 3.8) is 0 Å². The van der Waals surface area contributed by atoms with Gasteiger partial charge in [-0.2, -0.15) is 0 Å². The number of rotatable bonds is 10. The zero-order chi connectivity index (χ0) is 23.6. The van der Waals surface area contributed by atoms with Gasteiger partial charge in [0, 0.05) is 24.2 Å². The highest BCUT2D eigenvalue weighted by atomic mass is 35.5. The van der Waals surface area contributed by atoms with E-state index in [1.54, 1.807) is 13.2 Å². The first-order valence-electron chi connectivity index (χ1n) is 10.1. The first kappa shape index (κ1) is 24.3. The normalized spacial score (nSPS) is 10.5. The number of methoxy groups -OCH3 is 1. The van der Waals surface area contributed by atoms with E-state index in [1.165, 1.54) is 6.07 Å². The van der Waals surface area contributed by atoms with Crippen LogP contribution in [0.4, 0.5) is 0 Å². The maximum Gasteiger partial charge on any atom is 0.251 e. The number of halogens is 1. The smallest absolute Gasteiger partial charge is 0.251 e. The van der Waals surface area contributed by atoms with Crippen molar-refractivity contribution in [1.29, 1.82) is 0 Å². The molecule has 0 saturated carbocycles. The summed E-state index contributed by atoms with van der Waals surface area (Å²) in [5.41, 5.74) is 1.63. The molecule has 3 rings (SSSR count). The van der Waals surface area contributed by atoms with E-state index in [4.69, 9.17) is 16.3 Å². The van der Waals surface area contributed by atoms with E-state index in [1.807, 2.05) is 42.5 Å². The molecule has 0 aliphatic carbocycles. The standard InChI is InChI=1S/C23H23ClN4O4S/c1-32-18-7-4-5-15(9-18)12-25-20(29)10-17-11-21(30)28-23(27-17)33-14-22(31)26-13-16-6-2-3-8-19(16)24/h2-9,11H,10,12-14H2,1H3,(H,25,29)(H,26,31)(H,27,28,30). The van der Waals surface area contributed by atoms with Crippen molar-refractivity contribution in [1.82, 2.24) is 20.6 Å². The zero-order valence-electron chi connectivity index (χ0n) is 17.9.